The number of aromatic nitrogens is 4. The molecule has 0 unspecified atom stereocenters. The lowest BCUT2D eigenvalue weighted by Gasteiger charge is -2.11. The van der Waals surface area contributed by atoms with Crippen LogP contribution in [0.15, 0.2) is 31.1 Å². The van der Waals surface area contributed by atoms with Crippen molar-refractivity contribution in [3.8, 4) is 17.5 Å². The van der Waals surface area contributed by atoms with Crippen molar-refractivity contribution in [2.75, 3.05) is 20.8 Å². The fourth-order valence-corrected chi connectivity index (χ4v) is 2.09. The van der Waals surface area contributed by atoms with Crippen molar-refractivity contribution in [2.45, 2.75) is 0 Å². The van der Waals surface area contributed by atoms with Gasteiger partial charge < -0.3 is 14.2 Å². The molecule has 3 aromatic rings. The summed E-state index contributed by atoms with van der Waals surface area (Å²) in [7, 11) is 3.16. The summed E-state index contributed by atoms with van der Waals surface area (Å²) in [6.07, 6.45) is 3.20. The first kappa shape index (κ1) is 13.2. The van der Waals surface area contributed by atoms with Crippen LogP contribution in [0.1, 0.15) is 0 Å². The molecule has 3 rings (SSSR count). The van der Waals surface area contributed by atoms with Crippen LogP contribution < -0.4 is 14.2 Å². The van der Waals surface area contributed by atoms with E-state index in [0.717, 1.165) is 5.39 Å². The minimum atomic E-state index is 0.346. The number of methoxy groups -OCH3 is 2. The standard InChI is InChI=1S/C14H14N4O3/c1-4-5-21-14-16-10-7-12(20-3)11(19-2)6-9(10)13-17-15-8-18(13)14/h4,6-8H,1,5H2,2-3H3. The fraction of sp³-hybridized carbons (Fsp3) is 0.214. The third kappa shape index (κ3) is 2.12. The number of nitrogens with zero attached hydrogens (tertiary/aromatic N) is 4. The van der Waals surface area contributed by atoms with Crippen molar-refractivity contribution in [1.29, 1.82) is 0 Å². The topological polar surface area (TPSA) is 70.8 Å². The molecule has 2 heterocycles. The Morgan fingerprint density at radius 2 is 2.00 bits per heavy atom. The highest BCUT2D eigenvalue weighted by atomic mass is 16.5. The van der Waals surface area contributed by atoms with Gasteiger partial charge in [-0.15, -0.1) is 10.2 Å². The van der Waals surface area contributed by atoms with Crippen LogP contribution >= 0.6 is 0 Å². The number of benzene rings is 1. The molecule has 0 spiro atoms. The van der Waals surface area contributed by atoms with E-state index in [9.17, 15) is 0 Å². The lowest BCUT2D eigenvalue weighted by atomic mass is 10.2. The zero-order valence-electron chi connectivity index (χ0n) is 11.7. The number of hydrogen-bond donors (Lipinski definition) is 0. The van der Waals surface area contributed by atoms with Gasteiger partial charge >= 0.3 is 6.01 Å². The van der Waals surface area contributed by atoms with Crippen LogP contribution in [0.25, 0.3) is 16.6 Å². The number of fused-ring (bicyclic) bond motifs is 3. The maximum absolute atomic E-state index is 5.55. The molecule has 2 aromatic heterocycles. The van der Waals surface area contributed by atoms with E-state index in [1.165, 1.54) is 0 Å². The van der Waals surface area contributed by atoms with Crippen LogP contribution in [0.5, 0.6) is 17.5 Å². The molecule has 0 aliphatic heterocycles. The quantitative estimate of drug-likeness (QED) is 0.667. The molecule has 0 atom stereocenters. The summed E-state index contributed by atoms with van der Waals surface area (Å²) in [6.45, 7) is 3.97. The number of ether oxygens (including phenoxy) is 3. The minimum absolute atomic E-state index is 0.346. The lowest BCUT2D eigenvalue weighted by molar-refractivity contribution is 0.329. The van der Waals surface area contributed by atoms with Crippen molar-refractivity contribution in [1.82, 2.24) is 19.6 Å². The van der Waals surface area contributed by atoms with E-state index in [4.69, 9.17) is 14.2 Å². The average molecular weight is 286 g/mol. The SMILES string of the molecule is C=CCOc1nc2cc(OC)c(OC)cc2c2nncn12. The van der Waals surface area contributed by atoms with Crippen molar-refractivity contribution >= 4 is 16.6 Å². The van der Waals surface area contributed by atoms with E-state index in [1.807, 2.05) is 6.07 Å². The molecule has 21 heavy (non-hydrogen) atoms. The Balaban J connectivity index is 2.30. The Morgan fingerprint density at radius 1 is 1.24 bits per heavy atom. The third-order valence-corrected chi connectivity index (χ3v) is 3.04. The maximum Gasteiger partial charge on any atom is 0.304 e. The first-order valence-electron chi connectivity index (χ1n) is 6.27. The van der Waals surface area contributed by atoms with Gasteiger partial charge in [-0.05, 0) is 6.07 Å². The van der Waals surface area contributed by atoms with Crippen molar-refractivity contribution in [2.24, 2.45) is 0 Å². The molecule has 0 saturated heterocycles. The highest BCUT2D eigenvalue weighted by Crippen LogP contribution is 2.33. The van der Waals surface area contributed by atoms with Gasteiger partial charge in [0.15, 0.2) is 17.1 Å². The van der Waals surface area contributed by atoms with Gasteiger partial charge in [-0.2, -0.15) is 4.98 Å². The number of rotatable bonds is 5. The second kappa shape index (κ2) is 5.28. The van der Waals surface area contributed by atoms with Gasteiger partial charge in [-0.1, -0.05) is 12.7 Å². The normalized spacial score (nSPS) is 10.8. The van der Waals surface area contributed by atoms with E-state index in [-0.39, 0.29) is 0 Å². The van der Waals surface area contributed by atoms with Gasteiger partial charge in [0.25, 0.3) is 0 Å². The van der Waals surface area contributed by atoms with Gasteiger partial charge in [-0.3, -0.25) is 0 Å². The highest BCUT2D eigenvalue weighted by Gasteiger charge is 2.14. The lowest BCUT2D eigenvalue weighted by Crippen LogP contribution is -2.03. The van der Waals surface area contributed by atoms with Crippen molar-refractivity contribution in [3.05, 3.63) is 31.1 Å². The smallest absolute Gasteiger partial charge is 0.304 e. The summed E-state index contributed by atoms with van der Waals surface area (Å²) in [5, 5.41) is 8.83. The van der Waals surface area contributed by atoms with Crippen molar-refractivity contribution in [3.63, 3.8) is 0 Å². The molecular weight excluding hydrogens is 272 g/mol. The summed E-state index contributed by atoms with van der Waals surface area (Å²) >= 11 is 0. The Kier molecular flexibility index (Phi) is 3.31. The van der Waals surface area contributed by atoms with Gasteiger partial charge in [-0.25, -0.2) is 4.40 Å². The second-order valence-electron chi connectivity index (χ2n) is 4.24. The summed E-state index contributed by atoms with van der Waals surface area (Å²) in [5.74, 6) is 1.20. The molecule has 0 amide bonds. The Morgan fingerprint density at radius 3 is 2.71 bits per heavy atom. The number of hydrogen-bond acceptors (Lipinski definition) is 6. The van der Waals surface area contributed by atoms with Crippen LogP contribution in [0.4, 0.5) is 0 Å². The summed E-state index contributed by atoms with van der Waals surface area (Å²) in [4.78, 5) is 4.47. The van der Waals surface area contributed by atoms with E-state index in [0.29, 0.717) is 35.3 Å². The molecule has 0 fully saturated rings. The second-order valence-corrected chi connectivity index (χ2v) is 4.24. The molecule has 0 bridgehead atoms. The van der Waals surface area contributed by atoms with Gasteiger partial charge in [0.05, 0.1) is 19.7 Å². The van der Waals surface area contributed by atoms with Gasteiger partial charge in [0, 0.05) is 11.5 Å². The van der Waals surface area contributed by atoms with Gasteiger partial charge in [0.2, 0.25) is 0 Å². The zero-order valence-corrected chi connectivity index (χ0v) is 11.7. The van der Waals surface area contributed by atoms with Crippen LogP contribution in [0.3, 0.4) is 0 Å². The zero-order chi connectivity index (χ0) is 14.8. The van der Waals surface area contributed by atoms with Crippen LogP contribution in [-0.4, -0.2) is 40.4 Å². The monoisotopic (exact) mass is 286 g/mol. The average Bonchev–Trinajstić information content (AvgIpc) is 3.01. The van der Waals surface area contributed by atoms with Crippen LogP contribution in [-0.2, 0) is 0 Å². The molecule has 7 nitrogen and oxygen atoms in total. The Labute approximate surface area is 120 Å². The maximum atomic E-state index is 5.55. The van der Waals surface area contributed by atoms with Crippen LogP contribution in [0, 0.1) is 0 Å². The molecular formula is C14H14N4O3. The first-order valence-corrected chi connectivity index (χ1v) is 6.27. The molecule has 1 aromatic carbocycles. The van der Waals surface area contributed by atoms with Crippen LogP contribution in [0.2, 0.25) is 0 Å². The predicted molar refractivity (Wildman–Crippen MR) is 77.1 cm³/mol. The van der Waals surface area contributed by atoms with E-state index in [1.54, 1.807) is 37.1 Å². The highest BCUT2D eigenvalue weighted by molar-refractivity contribution is 5.94. The Hall–Kier alpha value is -2.83. The fourth-order valence-electron chi connectivity index (χ4n) is 2.09. The molecule has 0 aliphatic rings. The summed E-state index contributed by atoms with van der Waals surface area (Å²) < 4.78 is 17.8. The molecule has 0 radical (unpaired) electrons. The molecule has 0 N–H and O–H groups in total. The Bertz CT molecular complexity index is 813. The molecule has 7 heteroatoms. The third-order valence-electron chi connectivity index (χ3n) is 3.04. The molecule has 108 valence electrons. The predicted octanol–water partition coefficient (Wildman–Crippen LogP) is 1.86. The van der Waals surface area contributed by atoms with E-state index >= 15 is 0 Å². The van der Waals surface area contributed by atoms with E-state index in [2.05, 4.69) is 21.8 Å². The summed E-state index contributed by atoms with van der Waals surface area (Å²) in [5.41, 5.74) is 1.33. The van der Waals surface area contributed by atoms with E-state index < -0.39 is 0 Å². The van der Waals surface area contributed by atoms with Crippen molar-refractivity contribution < 1.29 is 14.2 Å². The molecule has 0 aliphatic carbocycles. The van der Waals surface area contributed by atoms with Gasteiger partial charge in [0.1, 0.15) is 12.9 Å². The first-order chi connectivity index (χ1) is 10.3. The summed E-state index contributed by atoms with van der Waals surface area (Å²) in [6, 6.07) is 4.00. The largest absolute Gasteiger partial charge is 0.493 e. The minimum Gasteiger partial charge on any atom is -0.493 e. The molecule has 0 saturated carbocycles.